The van der Waals surface area contributed by atoms with Crippen molar-refractivity contribution >= 4 is 23.4 Å². The molecule has 0 radical (unpaired) electrons. The van der Waals surface area contributed by atoms with Crippen molar-refractivity contribution in [2.24, 2.45) is 0 Å². The van der Waals surface area contributed by atoms with Crippen LogP contribution in [0.25, 0.3) is 0 Å². The molecule has 0 aliphatic carbocycles. The average molecular weight is 270 g/mol. The summed E-state index contributed by atoms with van der Waals surface area (Å²) in [5.74, 6) is -0.757. The van der Waals surface area contributed by atoms with Crippen molar-refractivity contribution in [2.75, 3.05) is 18.5 Å². The topological polar surface area (TPSA) is 55.1 Å². The van der Waals surface area contributed by atoms with Crippen molar-refractivity contribution in [1.29, 1.82) is 0 Å². The molecule has 0 bridgehead atoms. The highest BCUT2D eigenvalue weighted by Crippen LogP contribution is 2.20. The number of nitrogens with one attached hydrogen (secondary N) is 1. The monoisotopic (exact) mass is 270 g/mol. The lowest BCUT2D eigenvalue weighted by atomic mass is 10.1. The van der Waals surface area contributed by atoms with Gasteiger partial charge in [-0.05, 0) is 39.2 Å². The van der Waals surface area contributed by atoms with E-state index in [-0.39, 0.29) is 16.2 Å². The first-order chi connectivity index (χ1) is 8.26. The standard InChI is InChI=1S/C13H19FN2OS/c1-8-10(14)5-9(6-11(8)15)12(17)16-7-13(2,3)18-4/h5-6H,7,15H2,1-4H3,(H,16,17). The zero-order valence-electron chi connectivity index (χ0n) is 11.1. The number of nitrogen functional groups attached to an aromatic ring is 1. The Balaban J connectivity index is 2.80. The number of rotatable bonds is 4. The normalized spacial score (nSPS) is 11.4. The minimum absolute atomic E-state index is 0.0511. The number of carbonyl (C=O) groups is 1. The zero-order chi connectivity index (χ0) is 13.9. The van der Waals surface area contributed by atoms with Gasteiger partial charge >= 0.3 is 0 Å². The second kappa shape index (κ2) is 5.61. The molecule has 5 heteroatoms. The molecule has 1 amide bonds. The molecule has 0 saturated carbocycles. The molecular formula is C13H19FN2OS. The van der Waals surface area contributed by atoms with Crippen molar-refractivity contribution in [1.82, 2.24) is 5.32 Å². The molecular weight excluding hydrogens is 251 g/mol. The first kappa shape index (κ1) is 14.8. The highest BCUT2D eigenvalue weighted by molar-refractivity contribution is 7.99. The highest BCUT2D eigenvalue weighted by Gasteiger charge is 2.18. The molecule has 100 valence electrons. The number of amides is 1. The predicted octanol–water partition coefficient (Wildman–Crippen LogP) is 2.59. The zero-order valence-corrected chi connectivity index (χ0v) is 12.0. The summed E-state index contributed by atoms with van der Waals surface area (Å²) in [6.07, 6.45) is 1.98. The minimum atomic E-state index is -0.454. The van der Waals surface area contributed by atoms with Gasteiger partial charge in [-0.15, -0.1) is 0 Å². The van der Waals surface area contributed by atoms with E-state index in [1.54, 1.807) is 18.7 Å². The summed E-state index contributed by atoms with van der Waals surface area (Å²) in [6.45, 7) is 6.16. The van der Waals surface area contributed by atoms with Crippen LogP contribution >= 0.6 is 11.8 Å². The fourth-order valence-electron chi connectivity index (χ4n) is 1.30. The van der Waals surface area contributed by atoms with Crippen LogP contribution in [0.2, 0.25) is 0 Å². The fraction of sp³-hybridized carbons (Fsp3) is 0.462. The Kier molecular flexibility index (Phi) is 4.62. The molecule has 3 nitrogen and oxygen atoms in total. The molecule has 0 heterocycles. The summed E-state index contributed by atoms with van der Waals surface area (Å²) in [6, 6.07) is 2.72. The van der Waals surface area contributed by atoms with Gasteiger partial charge in [-0.25, -0.2) is 4.39 Å². The van der Waals surface area contributed by atoms with Crippen molar-refractivity contribution in [3.05, 3.63) is 29.1 Å². The number of halogens is 1. The molecule has 0 fully saturated rings. The van der Waals surface area contributed by atoms with Crippen molar-refractivity contribution < 1.29 is 9.18 Å². The van der Waals surface area contributed by atoms with Gasteiger partial charge in [-0.2, -0.15) is 11.8 Å². The number of thioether (sulfide) groups is 1. The van der Waals surface area contributed by atoms with Crippen LogP contribution < -0.4 is 11.1 Å². The van der Waals surface area contributed by atoms with Crippen LogP contribution in [0.1, 0.15) is 29.8 Å². The van der Waals surface area contributed by atoms with Crippen molar-refractivity contribution in [3.63, 3.8) is 0 Å². The first-order valence-corrected chi connectivity index (χ1v) is 6.88. The largest absolute Gasteiger partial charge is 0.398 e. The first-order valence-electron chi connectivity index (χ1n) is 5.66. The van der Waals surface area contributed by atoms with Crippen LogP contribution in [0, 0.1) is 12.7 Å². The molecule has 0 saturated heterocycles. The van der Waals surface area contributed by atoms with E-state index in [0.29, 0.717) is 17.8 Å². The third kappa shape index (κ3) is 3.63. The summed E-state index contributed by atoms with van der Waals surface area (Å²) >= 11 is 1.66. The highest BCUT2D eigenvalue weighted by atomic mass is 32.2. The van der Waals surface area contributed by atoms with E-state index in [4.69, 9.17) is 5.73 Å². The van der Waals surface area contributed by atoms with Crippen LogP contribution in [0.3, 0.4) is 0 Å². The van der Waals surface area contributed by atoms with E-state index in [9.17, 15) is 9.18 Å². The van der Waals surface area contributed by atoms with Gasteiger partial charge in [0.05, 0.1) is 0 Å². The van der Waals surface area contributed by atoms with Gasteiger partial charge in [-0.3, -0.25) is 4.79 Å². The van der Waals surface area contributed by atoms with Gasteiger partial charge in [0.1, 0.15) is 5.82 Å². The molecule has 0 spiro atoms. The van der Waals surface area contributed by atoms with Gasteiger partial charge < -0.3 is 11.1 Å². The predicted molar refractivity (Wildman–Crippen MR) is 75.5 cm³/mol. The third-order valence-electron chi connectivity index (χ3n) is 2.87. The molecule has 0 aliphatic rings. The van der Waals surface area contributed by atoms with Crippen LogP contribution in [0.5, 0.6) is 0 Å². The quantitative estimate of drug-likeness (QED) is 0.827. The number of anilines is 1. The molecule has 0 unspecified atom stereocenters. The number of hydrogen-bond donors (Lipinski definition) is 2. The lowest BCUT2D eigenvalue weighted by Gasteiger charge is -2.22. The fourth-order valence-corrected chi connectivity index (χ4v) is 1.52. The molecule has 18 heavy (non-hydrogen) atoms. The molecule has 0 aromatic heterocycles. The Morgan fingerprint density at radius 1 is 1.50 bits per heavy atom. The Morgan fingerprint density at radius 3 is 2.61 bits per heavy atom. The third-order valence-corrected chi connectivity index (χ3v) is 4.12. The maximum absolute atomic E-state index is 13.5. The van der Waals surface area contributed by atoms with Crippen LogP contribution in [0.15, 0.2) is 12.1 Å². The Bertz CT molecular complexity index is 437. The summed E-state index contributed by atoms with van der Waals surface area (Å²) in [4.78, 5) is 11.9. The maximum Gasteiger partial charge on any atom is 0.251 e. The molecule has 0 atom stereocenters. The van der Waals surface area contributed by atoms with Gasteiger partial charge in [0, 0.05) is 28.1 Å². The van der Waals surface area contributed by atoms with E-state index in [1.807, 2.05) is 20.1 Å². The summed E-state index contributed by atoms with van der Waals surface area (Å²) < 4.78 is 13.4. The van der Waals surface area contributed by atoms with E-state index in [0.717, 1.165) is 0 Å². The molecule has 1 aromatic carbocycles. The number of hydrogen-bond acceptors (Lipinski definition) is 3. The molecule has 0 aliphatic heterocycles. The van der Waals surface area contributed by atoms with Gasteiger partial charge in [0.2, 0.25) is 0 Å². The average Bonchev–Trinajstić information content (AvgIpc) is 2.32. The van der Waals surface area contributed by atoms with E-state index < -0.39 is 5.82 Å². The SMILES string of the molecule is CSC(C)(C)CNC(=O)c1cc(N)c(C)c(F)c1. The number of carbonyl (C=O) groups excluding carboxylic acids is 1. The second-order valence-corrected chi connectivity index (χ2v) is 6.33. The van der Waals surface area contributed by atoms with Crippen molar-refractivity contribution in [2.45, 2.75) is 25.5 Å². The van der Waals surface area contributed by atoms with E-state index in [1.165, 1.54) is 12.1 Å². The van der Waals surface area contributed by atoms with Gasteiger partial charge in [0.25, 0.3) is 5.91 Å². The van der Waals surface area contributed by atoms with Gasteiger partial charge in [-0.1, -0.05) is 0 Å². The summed E-state index contributed by atoms with van der Waals surface area (Å²) in [7, 11) is 0. The summed E-state index contributed by atoms with van der Waals surface area (Å²) in [5.41, 5.74) is 6.57. The summed E-state index contributed by atoms with van der Waals surface area (Å²) in [5, 5.41) is 2.78. The maximum atomic E-state index is 13.5. The Hall–Kier alpha value is -1.23. The Labute approximate surface area is 111 Å². The molecule has 1 aromatic rings. The van der Waals surface area contributed by atoms with E-state index in [2.05, 4.69) is 5.32 Å². The number of nitrogens with two attached hydrogens (primary N) is 1. The number of benzene rings is 1. The van der Waals surface area contributed by atoms with Crippen LogP contribution in [-0.2, 0) is 0 Å². The second-order valence-electron chi connectivity index (χ2n) is 4.82. The van der Waals surface area contributed by atoms with Crippen LogP contribution in [0.4, 0.5) is 10.1 Å². The lowest BCUT2D eigenvalue weighted by molar-refractivity contribution is 0.0950. The Morgan fingerprint density at radius 2 is 2.11 bits per heavy atom. The molecule has 1 rings (SSSR count). The van der Waals surface area contributed by atoms with Gasteiger partial charge in [0.15, 0.2) is 0 Å². The molecule has 3 N–H and O–H groups in total. The van der Waals surface area contributed by atoms with E-state index >= 15 is 0 Å². The minimum Gasteiger partial charge on any atom is -0.398 e. The van der Waals surface area contributed by atoms with Crippen molar-refractivity contribution in [3.8, 4) is 0 Å². The van der Waals surface area contributed by atoms with Crippen LogP contribution in [-0.4, -0.2) is 23.5 Å². The lowest BCUT2D eigenvalue weighted by Crippen LogP contribution is -2.36. The smallest absolute Gasteiger partial charge is 0.251 e.